The number of ether oxygens (including phenoxy) is 7. The summed E-state index contributed by atoms with van der Waals surface area (Å²) in [6.45, 7) is 22.9. The summed E-state index contributed by atoms with van der Waals surface area (Å²) >= 11 is 0. The van der Waals surface area contributed by atoms with Crippen LogP contribution in [0.3, 0.4) is 0 Å². The van der Waals surface area contributed by atoms with Crippen molar-refractivity contribution in [1.82, 2.24) is 5.32 Å². The summed E-state index contributed by atoms with van der Waals surface area (Å²) in [5.41, 5.74) is -3.45. The Hall–Kier alpha value is -5.12. The third-order valence-corrected chi connectivity index (χ3v) is 17.0. The monoisotopic (exact) mass is 1040 g/mol. The Morgan fingerprint density at radius 1 is 0.912 bits per heavy atom. The zero-order valence-electron chi connectivity index (χ0n) is 42.0. The molecule has 1 saturated heterocycles. The lowest BCUT2D eigenvalue weighted by atomic mass is 9.48. The number of amides is 1. The number of methoxy groups -OCH3 is 1. The lowest BCUT2D eigenvalue weighted by Crippen LogP contribution is -2.78. The number of Topliss-reactive ketones (excluding diaryl/α,β-unsaturated/α-hetero) is 1. The second kappa shape index (κ2) is 17.7. The Morgan fingerprint density at radius 3 is 2.13 bits per heavy atom. The molecule has 2 N–H and O–H groups in total. The molecule has 68 heavy (non-hydrogen) atoms. The molecule has 12 atom stereocenters. The number of hydrogen-bond acceptors (Lipinski definition) is 14. The second-order valence-electron chi connectivity index (χ2n) is 21.5. The number of ketones is 1. The van der Waals surface area contributed by atoms with Gasteiger partial charge in [0, 0.05) is 111 Å². The van der Waals surface area contributed by atoms with Gasteiger partial charge in [-0.3, -0.25) is 14.4 Å². The molecule has 2 aromatic rings. The van der Waals surface area contributed by atoms with Crippen LogP contribution in [0.5, 0.6) is 0 Å². The Balaban J connectivity index is -0.0000000299. The fraction of sp³-hybridized carbons (Fsp3) is 0.623. The average Bonchev–Trinajstić information content (AvgIpc) is 3.99. The molecule has 7 rings (SSSR count). The number of aliphatic hydroxyl groups is 1. The van der Waals surface area contributed by atoms with Gasteiger partial charge in [-0.25, -0.2) is 14.4 Å². The summed E-state index contributed by atoms with van der Waals surface area (Å²) in [5, 5.41) is 15.1. The van der Waals surface area contributed by atoms with E-state index in [-0.39, 0.29) is 97.1 Å². The Bertz CT molecular complexity index is 2530. The fourth-order valence-electron chi connectivity index (χ4n) is 12.2. The first-order chi connectivity index (χ1) is 31.7. The van der Waals surface area contributed by atoms with Crippen LogP contribution >= 0.6 is 0 Å². The van der Waals surface area contributed by atoms with E-state index < -0.39 is 111 Å². The van der Waals surface area contributed by atoms with Crippen LogP contribution in [-0.2, 0) is 52.3 Å². The molecule has 4 aliphatic carbocycles. The molecular weight excluding hydrogens is 875 g/mol. The number of aliphatic hydroxyl groups excluding tert-OH is 1. The van der Waals surface area contributed by atoms with Gasteiger partial charge < -0.3 is 43.6 Å². The standard InChI is InChI=1S/C53H69NO14.47H2/c1-15-50(13,48(8,9)10)68-47(61)54-39(35-22-21-27(2)28(3)29(35)4)40(57)46(60)65-36-25-53(62-14)44(66-45(59)33-19-17-16-18-20-33)42-51(24-34(51)23-37-52(42,26-63-37)67-32(7)56)43(58)41(64-31(6)55)38(30(36)5)49(53,11)12;;;;;;;;;;;;;;;;;;;;;;;;;;;;;;;;;;;;;;;;;;;;;;;/h16-22,34,36-37,39-42,44,57H,15,23-26H2,1-14H3,(H,54,61);47*1H/t34-,36+,37-,39+,40-,41-,42+,44+,50?,51-,52+,53-;;;;;;;;;;;;;;;;;;;;;;;;;;;;;;;;;;;;;;;;;;;;;;;/m1.............................................../s1. The molecule has 15 heteroatoms. The minimum Gasteiger partial charge on any atom is -0.456 e. The van der Waals surface area contributed by atoms with Crippen molar-refractivity contribution in [1.29, 1.82) is 0 Å². The first-order valence-corrected chi connectivity index (χ1v) is 23.7. The van der Waals surface area contributed by atoms with Crippen LogP contribution in [0.4, 0.5) is 4.79 Å². The number of esters is 4. The number of fused-ring (bicyclic) bond motifs is 4. The SMILES string of the molecule is CCC(C)(OC(=O)N[C@@H](c1ccc(C)c(C)c1C)[C@@H](O)C(=O)O[C@H]1C[C@@]2(OC)[C@@H](OC(=O)c3ccccc3)[C@@H]3[C@]4(OC(C)=O)CO[C@@H]4C[C@@H]4C[C@@]43C(=O)[C@H](OC(C)=O)C(=C1C)C2(C)C)C(C)(C)C.[HH].[HH].[HH].[HH].[HH].[HH].[HH].[HH].[HH].[HH].[HH].[HH].[HH].[HH].[HH].[HH].[HH].[HH].[HH].[HH].[HH].[HH].[HH].[HH].[HH].[HH].[HH].[HH].[HH].[HH].[HH].[HH].[HH].[HH].[HH].[HH].[HH].[HH].[HH].[HH].[HH].[HH].[HH].[HH].[HH].[HH].[HH]. The number of alkyl carbamates (subject to hydrolysis) is 1. The number of benzene rings is 2. The summed E-state index contributed by atoms with van der Waals surface area (Å²) in [6.07, 6.45) is -6.85. The van der Waals surface area contributed by atoms with E-state index in [1.807, 2.05) is 61.5 Å². The van der Waals surface area contributed by atoms with Crippen molar-refractivity contribution >= 4 is 35.8 Å². The van der Waals surface area contributed by atoms with Crippen LogP contribution in [0.25, 0.3) is 0 Å². The quantitative estimate of drug-likeness (QED) is 0.116. The van der Waals surface area contributed by atoms with Gasteiger partial charge >= 0.3 is 30.0 Å². The largest absolute Gasteiger partial charge is 0.456 e. The predicted molar refractivity (Wildman–Crippen MR) is 346 cm³/mol. The molecule has 4 fully saturated rings. The maximum atomic E-state index is 15.7. The van der Waals surface area contributed by atoms with E-state index in [2.05, 4.69) is 5.32 Å². The van der Waals surface area contributed by atoms with Crippen molar-refractivity contribution < 1.29 is 134 Å². The summed E-state index contributed by atoms with van der Waals surface area (Å²) in [7, 11) is 1.43. The first kappa shape index (κ1) is 50.7. The van der Waals surface area contributed by atoms with Crippen LogP contribution in [0.1, 0.15) is 201 Å². The van der Waals surface area contributed by atoms with Crippen LogP contribution < -0.4 is 5.32 Å². The number of carbonyl (C=O) groups excluding carboxylic acids is 6. The third-order valence-electron chi connectivity index (χ3n) is 17.0. The van der Waals surface area contributed by atoms with E-state index in [0.29, 0.717) is 30.4 Å². The molecular formula is C53H163NO14. The predicted octanol–water partition coefficient (Wildman–Crippen LogP) is 19.0. The number of carbonyl (C=O) groups is 6. The normalized spacial score (nSPS) is 31.8. The smallest absolute Gasteiger partial charge is 0.408 e. The maximum absolute atomic E-state index is 15.7. The van der Waals surface area contributed by atoms with E-state index in [9.17, 15) is 29.1 Å². The highest BCUT2D eigenvalue weighted by Gasteiger charge is 2.84. The number of aryl methyl sites for hydroxylation is 1. The molecule has 5 aliphatic rings. The van der Waals surface area contributed by atoms with E-state index in [1.165, 1.54) is 21.0 Å². The molecule has 2 aromatic carbocycles. The molecule has 1 aliphatic heterocycles. The van der Waals surface area contributed by atoms with Crippen molar-refractivity contribution in [3.8, 4) is 0 Å². The van der Waals surface area contributed by atoms with Crippen molar-refractivity contribution in [3.63, 3.8) is 0 Å². The van der Waals surface area contributed by atoms with Gasteiger partial charge in [-0.1, -0.05) is 71.9 Å². The van der Waals surface area contributed by atoms with Crippen LogP contribution in [0.15, 0.2) is 53.6 Å². The third kappa shape index (κ3) is 7.93. The fourth-order valence-corrected chi connectivity index (χ4v) is 12.2. The molecule has 2 bridgehead atoms. The van der Waals surface area contributed by atoms with Gasteiger partial charge in [0.2, 0.25) is 0 Å². The summed E-state index contributed by atoms with van der Waals surface area (Å²) in [5.74, 6) is -5.16. The molecule has 15 nitrogen and oxygen atoms in total. The van der Waals surface area contributed by atoms with E-state index in [1.54, 1.807) is 57.2 Å². The van der Waals surface area contributed by atoms with Gasteiger partial charge in [0.15, 0.2) is 23.6 Å². The van der Waals surface area contributed by atoms with Crippen LogP contribution in [-0.4, -0.2) is 102 Å². The van der Waals surface area contributed by atoms with Crippen LogP contribution in [0, 0.1) is 48.9 Å². The second-order valence-corrected chi connectivity index (χ2v) is 21.5. The van der Waals surface area contributed by atoms with Crippen molar-refractivity contribution in [3.05, 3.63) is 81.4 Å². The van der Waals surface area contributed by atoms with Gasteiger partial charge in [-0.2, -0.15) is 0 Å². The highest BCUT2D eigenvalue weighted by atomic mass is 16.6. The first-order valence-electron chi connectivity index (χ1n) is 23.7. The highest BCUT2D eigenvalue weighted by molar-refractivity contribution is 5.97. The molecule has 1 heterocycles. The minimum atomic E-state index is -2.02. The number of rotatable bonds is 12. The number of nitrogens with one attached hydrogen (secondary N) is 1. The molecule has 1 amide bonds. The topological polar surface area (TPSA) is 199 Å². The maximum Gasteiger partial charge on any atom is 0.408 e. The van der Waals surface area contributed by atoms with Crippen molar-refractivity contribution in [2.45, 2.75) is 169 Å². The molecule has 3 saturated carbocycles. The summed E-state index contributed by atoms with van der Waals surface area (Å²) < 4.78 is 44.5. The Kier molecular flexibility index (Phi) is 13.2. The van der Waals surface area contributed by atoms with Gasteiger partial charge in [0.1, 0.15) is 29.5 Å². The molecule has 1 unspecified atom stereocenters. The lowest BCUT2D eigenvalue weighted by molar-refractivity contribution is -0.325. The Labute approximate surface area is 469 Å². The highest BCUT2D eigenvalue weighted by Crippen LogP contribution is 2.75. The minimum absolute atomic E-state index is 0. The van der Waals surface area contributed by atoms with Gasteiger partial charge in [-0.05, 0) is 105 Å². The van der Waals surface area contributed by atoms with E-state index in [0.717, 1.165) is 16.7 Å². The van der Waals surface area contributed by atoms with Crippen molar-refractivity contribution in [2.24, 2.45) is 28.1 Å². The van der Waals surface area contributed by atoms with Gasteiger partial charge in [0.25, 0.3) is 0 Å². The van der Waals surface area contributed by atoms with Gasteiger partial charge in [-0.15, -0.1) is 0 Å². The molecule has 464 valence electrons. The van der Waals surface area contributed by atoms with Crippen LogP contribution in [0.2, 0.25) is 0 Å². The average molecular weight is 1040 g/mol. The van der Waals surface area contributed by atoms with E-state index >= 15 is 4.79 Å². The molecule has 1 spiro atoms. The molecule has 0 radical (unpaired) electrons. The zero-order chi connectivity index (χ0) is 50.3. The van der Waals surface area contributed by atoms with Crippen molar-refractivity contribution in [2.75, 3.05) is 13.7 Å². The Morgan fingerprint density at radius 2 is 1.57 bits per heavy atom. The van der Waals surface area contributed by atoms with E-state index in [4.69, 9.17) is 33.2 Å². The zero-order valence-corrected chi connectivity index (χ0v) is 42.0. The molecule has 0 aromatic heterocycles. The summed E-state index contributed by atoms with van der Waals surface area (Å²) in [4.78, 5) is 85.4. The lowest BCUT2D eigenvalue weighted by Gasteiger charge is -2.65. The van der Waals surface area contributed by atoms with Gasteiger partial charge in [0.05, 0.1) is 24.1 Å². The number of hydrogen-bond donors (Lipinski definition) is 2. The summed E-state index contributed by atoms with van der Waals surface area (Å²) in [6, 6.07) is 10.5.